The Bertz CT molecular complexity index is 763. The second-order valence-corrected chi connectivity index (χ2v) is 5.49. The molecule has 0 unspecified atom stereocenters. The van der Waals surface area contributed by atoms with E-state index in [1.54, 1.807) is 12.0 Å². The summed E-state index contributed by atoms with van der Waals surface area (Å²) in [7, 11) is 1.62. The Labute approximate surface area is 169 Å². The van der Waals surface area contributed by atoms with E-state index < -0.39 is 0 Å². The normalized spacial score (nSPS) is 13.8. The zero-order valence-electron chi connectivity index (χ0n) is 14.3. The molecule has 3 N–H and O–H groups in total. The summed E-state index contributed by atoms with van der Waals surface area (Å²) in [4.78, 5) is 17.5. The molecule has 0 saturated carbocycles. The van der Waals surface area contributed by atoms with Crippen molar-refractivity contribution in [3.8, 4) is 5.75 Å². The molecule has 2 aromatic rings. The van der Waals surface area contributed by atoms with Gasteiger partial charge in [-0.15, -0.1) is 24.0 Å². The van der Waals surface area contributed by atoms with Crippen LogP contribution in [0.15, 0.2) is 53.5 Å². The molecule has 0 atom stereocenters. The smallest absolute Gasteiger partial charge is 0.414 e. The number of nitrogens with zero attached hydrogens (tertiary/aromatic N) is 2. The van der Waals surface area contributed by atoms with Gasteiger partial charge in [-0.3, -0.25) is 4.90 Å². The van der Waals surface area contributed by atoms with Gasteiger partial charge in [0.2, 0.25) is 0 Å². The second kappa shape index (κ2) is 9.27. The number of benzene rings is 2. The van der Waals surface area contributed by atoms with Crippen LogP contribution in [0.1, 0.15) is 5.56 Å². The van der Waals surface area contributed by atoms with Gasteiger partial charge in [-0.1, -0.05) is 12.1 Å². The molecular formula is C18H21IN4O3. The molecule has 0 bridgehead atoms. The fourth-order valence-corrected chi connectivity index (χ4v) is 2.45. The average molecular weight is 468 g/mol. The number of amides is 1. The highest BCUT2D eigenvalue weighted by molar-refractivity contribution is 14.0. The first-order valence-electron chi connectivity index (χ1n) is 7.90. The summed E-state index contributed by atoms with van der Waals surface area (Å²) in [5.74, 6) is 1.11. The maximum Gasteiger partial charge on any atom is 0.414 e. The molecule has 1 saturated heterocycles. The number of carbonyl (C=O) groups excluding carboxylic acids is 1. The monoisotopic (exact) mass is 468 g/mol. The van der Waals surface area contributed by atoms with Gasteiger partial charge in [0.05, 0.1) is 20.2 Å². The Kier molecular flexibility index (Phi) is 7.07. The van der Waals surface area contributed by atoms with E-state index in [1.165, 1.54) is 0 Å². The van der Waals surface area contributed by atoms with Crippen molar-refractivity contribution in [3.63, 3.8) is 0 Å². The number of cyclic esters (lactones) is 1. The van der Waals surface area contributed by atoms with Crippen LogP contribution in [-0.4, -0.2) is 32.3 Å². The number of guanidine groups is 1. The Hall–Kier alpha value is -2.49. The number of ether oxygens (including phenoxy) is 2. The number of methoxy groups -OCH3 is 1. The summed E-state index contributed by atoms with van der Waals surface area (Å²) in [5, 5.41) is 3.03. The van der Waals surface area contributed by atoms with Crippen molar-refractivity contribution in [1.29, 1.82) is 0 Å². The van der Waals surface area contributed by atoms with Gasteiger partial charge in [-0.2, -0.15) is 0 Å². The van der Waals surface area contributed by atoms with Crippen LogP contribution in [0.3, 0.4) is 0 Å². The van der Waals surface area contributed by atoms with Gasteiger partial charge in [-0.05, 0) is 42.0 Å². The average Bonchev–Trinajstić information content (AvgIpc) is 3.07. The predicted molar refractivity (Wildman–Crippen MR) is 112 cm³/mol. The molecule has 0 aromatic heterocycles. The number of nitrogens with one attached hydrogen (secondary N) is 1. The van der Waals surface area contributed by atoms with Gasteiger partial charge in [-0.25, -0.2) is 9.79 Å². The summed E-state index contributed by atoms with van der Waals surface area (Å²) in [6.45, 7) is 1.45. The number of halogens is 1. The summed E-state index contributed by atoms with van der Waals surface area (Å²) >= 11 is 0. The molecule has 7 nitrogen and oxygen atoms in total. The molecular weight excluding hydrogens is 447 g/mol. The van der Waals surface area contributed by atoms with Crippen LogP contribution in [0, 0.1) is 0 Å². The molecule has 1 heterocycles. The van der Waals surface area contributed by atoms with Crippen LogP contribution in [-0.2, 0) is 11.3 Å². The molecule has 26 heavy (non-hydrogen) atoms. The quantitative estimate of drug-likeness (QED) is 0.400. The zero-order chi connectivity index (χ0) is 17.6. The van der Waals surface area contributed by atoms with Gasteiger partial charge in [0.1, 0.15) is 12.4 Å². The minimum absolute atomic E-state index is 0. The minimum atomic E-state index is -0.307. The van der Waals surface area contributed by atoms with E-state index in [0.717, 1.165) is 22.7 Å². The van der Waals surface area contributed by atoms with Crippen LogP contribution < -0.4 is 20.7 Å². The summed E-state index contributed by atoms with van der Waals surface area (Å²) in [6.07, 6.45) is -0.307. The van der Waals surface area contributed by atoms with Crippen LogP contribution in [0.5, 0.6) is 5.75 Å². The maximum absolute atomic E-state index is 11.5. The third-order valence-corrected chi connectivity index (χ3v) is 3.80. The number of nitrogens with two attached hydrogens (primary N) is 1. The molecule has 0 spiro atoms. The number of carbonyl (C=O) groups is 1. The fourth-order valence-electron chi connectivity index (χ4n) is 2.45. The van der Waals surface area contributed by atoms with E-state index in [9.17, 15) is 4.79 Å². The van der Waals surface area contributed by atoms with E-state index >= 15 is 0 Å². The van der Waals surface area contributed by atoms with Crippen molar-refractivity contribution in [2.45, 2.75) is 6.54 Å². The molecule has 1 amide bonds. The lowest BCUT2D eigenvalue weighted by Gasteiger charge is -2.12. The molecule has 1 aliphatic rings. The molecule has 8 heteroatoms. The van der Waals surface area contributed by atoms with Gasteiger partial charge in [0.15, 0.2) is 5.96 Å². The van der Waals surface area contributed by atoms with Gasteiger partial charge in [0, 0.05) is 11.4 Å². The number of rotatable bonds is 5. The maximum atomic E-state index is 11.5. The molecule has 138 valence electrons. The number of anilines is 2. The minimum Gasteiger partial charge on any atom is -0.497 e. The lowest BCUT2D eigenvalue weighted by Crippen LogP contribution is -2.23. The van der Waals surface area contributed by atoms with E-state index in [2.05, 4.69) is 10.3 Å². The summed E-state index contributed by atoms with van der Waals surface area (Å²) in [6, 6.07) is 15.0. The number of hydrogen-bond acceptors (Lipinski definition) is 4. The predicted octanol–water partition coefficient (Wildman–Crippen LogP) is 3.20. The van der Waals surface area contributed by atoms with Crippen molar-refractivity contribution >= 4 is 47.4 Å². The second-order valence-electron chi connectivity index (χ2n) is 5.49. The van der Waals surface area contributed by atoms with Crippen LogP contribution in [0.25, 0.3) is 0 Å². The Morgan fingerprint density at radius 1 is 1.23 bits per heavy atom. The van der Waals surface area contributed by atoms with Crippen molar-refractivity contribution < 1.29 is 14.3 Å². The lowest BCUT2D eigenvalue weighted by atomic mass is 10.2. The van der Waals surface area contributed by atoms with E-state index in [0.29, 0.717) is 25.7 Å². The van der Waals surface area contributed by atoms with Gasteiger partial charge >= 0.3 is 6.09 Å². The number of hydrogen-bond donors (Lipinski definition) is 2. The largest absolute Gasteiger partial charge is 0.497 e. The fraction of sp³-hybridized carbons (Fsp3) is 0.222. The van der Waals surface area contributed by atoms with Crippen LogP contribution >= 0.6 is 24.0 Å². The van der Waals surface area contributed by atoms with E-state index in [-0.39, 0.29) is 30.1 Å². The highest BCUT2D eigenvalue weighted by Crippen LogP contribution is 2.19. The van der Waals surface area contributed by atoms with Crippen LogP contribution in [0.2, 0.25) is 0 Å². The Balaban J connectivity index is 0.00000243. The lowest BCUT2D eigenvalue weighted by molar-refractivity contribution is 0.181. The molecule has 2 aromatic carbocycles. The van der Waals surface area contributed by atoms with Crippen LogP contribution in [0.4, 0.5) is 16.2 Å². The standard InChI is InChI=1S/C18H20N4O3.HI/c1-24-16-8-4-14(5-9-16)21-17(19)20-12-13-2-6-15(7-3-13)22-10-11-25-18(22)23;/h2-9H,10-12H2,1H3,(H3,19,20,21);1H. The van der Waals surface area contributed by atoms with Gasteiger partial charge < -0.3 is 20.5 Å². The molecule has 0 aliphatic carbocycles. The first-order chi connectivity index (χ1) is 12.2. The first kappa shape index (κ1) is 19.8. The number of aliphatic imine (C=N–C) groups is 1. The summed E-state index contributed by atoms with van der Waals surface area (Å²) < 4.78 is 10.0. The third kappa shape index (κ3) is 5.01. The topological polar surface area (TPSA) is 89.2 Å². The third-order valence-electron chi connectivity index (χ3n) is 3.80. The highest BCUT2D eigenvalue weighted by atomic mass is 127. The highest BCUT2D eigenvalue weighted by Gasteiger charge is 2.23. The molecule has 1 aliphatic heterocycles. The van der Waals surface area contributed by atoms with E-state index in [4.69, 9.17) is 15.2 Å². The van der Waals surface area contributed by atoms with Crippen molar-refractivity contribution in [1.82, 2.24) is 0 Å². The molecule has 1 fully saturated rings. The van der Waals surface area contributed by atoms with Gasteiger partial charge in [0.25, 0.3) is 0 Å². The van der Waals surface area contributed by atoms with Crippen molar-refractivity contribution in [2.75, 3.05) is 30.5 Å². The van der Waals surface area contributed by atoms with Crippen molar-refractivity contribution in [2.24, 2.45) is 10.7 Å². The SMILES string of the molecule is COc1ccc(NC(N)=NCc2ccc(N3CCOC3=O)cc2)cc1.I. The Morgan fingerprint density at radius 3 is 2.50 bits per heavy atom. The molecule has 3 rings (SSSR count). The zero-order valence-corrected chi connectivity index (χ0v) is 16.7. The van der Waals surface area contributed by atoms with E-state index in [1.807, 2.05) is 48.5 Å². The van der Waals surface area contributed by atoms with Crippen molar-refractivity contribution in [3.05, 3.63) is 54.1 Å². The summed E-state index contributed by atoms with van der Waals surface area (Å²) in [5.41, 5.74) is 8.56. The Morgan fingerprint density at radius 2 is 1.92 bits per heavy atom. The molecule has 0 radical (unpaired) electrons. The first-order valence-corrected chi connectivity index (χ1v) is 7.90.